The number of fused-ring (bicyclic) bond motifs is 1. The molecule has 1 aromatic rings. The molecule has 3 atom stereocenters. The second-order valence-corrected chi connectivity index (χ2v) is 7.88. The Hall–Kier alpha value is -2.84. The van der Waals surface area contributed by atoms with Crippen LogP contribution in [0.25, 0.3) is 0 Å². The quantitative estimate of drug-likeness (QED) is 0.432. The Labute approximate surface area is 161 Å². The van der Waals surface area contributed by atoms with Crippen LogP contribution in [-0.2, 0) is 9.53 Å². The summed E-state index contributed by atoms with van der Waals surface area (Å²) in [4.78, 5) is 45.2. The summed E-state index contributed by atoms with van der Waals surface area (Å²) in [5.41, 5.74) is -1.62. The fourth-order valence-electron chi connectivity index (χ4n) is 4.44. The lowest BCUT2D eigenvalue weighted by molar-refractivity contribution is -0.394. The monoisotopic (exact) mass is 390 g/mol. The molecule has 0 saturated heterocycles. The van der Waals surface area contributed by atoms with Gasteiger partial charge in [-0.2, -0.15) is 0 Å². The summed E-state index contributed by atoms with van der Waals surface area (Å²) in [6.07, 6.45) is 4.47. The minimum atomic E-state index is -0.810. The van der Waals surface area contributed by atoms with E-state index in [0.717, 1.165) is 37.5 Å². The van der Waals surface area contributed by atoms with E-state index in [1.807, 2.05) is 6.92 Å². The highest BCUT2D eigenvalue weighted by Gasteiger charge is 2.47. The molecule has 150 valence electrons. The standard InChI is InChI=1S/C19H22N2O7/c1-19-7-6-16(22)10-13(19)4-2-3-5-17(19)28-18(23)12-8-14(20(24)25)11-15(9-12)21(26)27/h8-9,11,13,17H,2-7,10H2,1H3/t13-,17+,19+/m1/s1. The zero-order chi connectivity index (χ0) is 20.5. The van der Waals surface area contributed by atoms with Crippen molar-refractivity contribution in [1.29, 1.82) is 0 Å². The average Bonchev–Trinajstić information content (AvgIpc) is 2.80. The number of Topliss-reactive ketones (excluding diaryl/α,β-unsaturated/α-hetero) is 1. The van der Waals surface area contributed by atoms with Gasteiger partial charge in [-0.3, -0.25) is 25.0 Å². The van der Waals surface area contributed by atoms with E-state index < -0.39 is 33.3 Å². The smallest absolute Gasteiger partial charge is 0.338 e. The van der Waals surface area contributed by atoms with Crippen molar-refractivity contribution in [1.82, 2.24) is 0 Å². The van der Waals surface area contributed by atoms with Crippen LogP contribution in [0.15, 0.2) is 18.2 Å². The van der Waals surface area contributed by atoms with E-state index in [1.165, 1.54) is 0 Å². The predicted molar refractivity (Wildman–Crippen MR) is 97.9 cm³/mol. The highest BCUT2D eigenvalue weighted by atomic mass is 16.6. The van der Waals surface area contributed by atoms with E-state index in [0.29, 0.717) is 25.7 Å². The lowest BCUT2D eigenvalue weighted by Gasteiger charge is -2.44. The number of benzene rings is 1. The summed E-state index contributed by atoms with van der Waals surface area (Å²) in [7, 11) is 0. The van der Waals surface area contributed by atoms with Crippen molar-refractivity contribution >= 4 is 23.1 Å². The van der Waals surface area contributed by atoms with Gasteiger partial charge in [-0.25, -0.2) is 4.79 Å². The summed E-state index contributed by atoms with van der Waals surface area (Å²) in [5, 5.41) is 22.1. The molecule has 0 amide bonds. The largest absolute Gasteiger partial charge is 0.458 e. The molecule has 2 fully saturated rings. The molecule has 0 bridgehead atoms. The van der Waals surface area contributed by atoms with E-state index in [1.54, 1.807) is 0 Å². The Morgan fingerprint density at radius 2 is 1.71 bits per heavy atom. The molecule has 1 aromatic carbocycles. The molecule has 2 saturated carbocycles. The summed E-state index contributed by atoms with van der Waals surface area (Å²) in [5.74, 6) is -0.451. The van der Waals surface area contributed by atoms with Crippen molar-refractivity contribution in [3.8, 4) is 0 Å². The molecule has 28 heavy (non-hydrogen) atoms. The third-order valence-electron chi connectivity index (χ3n) is 6.16. The maximum absolute atomic E-state index is 12.7. The highest BCUT2D eigenvalue weighted by Crippen LogP contribution is 2.49. The normalized spacial score (nSPS) is 27.4. The number of ketones is 1. The minimum Gasteiger partial charge on any atom is -0.458 e. The Morgan fingerprint density at radius 1 is 1.11 bits per heavy atom. The molecule has 3 rings (SSSR count). The molecule has 0 unspecified atom stereocenters. The van der Waals surface area contributed by atoms with Crippen LogP contribution < -0.4 is 0 Å². The maximum atomic E-state index is 12.7. The molecule has 2 aliphatic carbocycles. The molecule has 0 aliphatic heterocycles. The number of hydrogen-bond acceptors (Lipinski definition) is 7. The van der Waals surface area contributed by atoms with E-state index in [2.05, 4.69) is 0 Å². The van der Waals surface area contributed by atoms with Gasteiger partial charge in [-0.15, -0.1) is 0 Å². The first-order valence-corrected chi connectivity index (χ1v) is 9.37. The number of nitrogens with zero attached hydrogens (tertiary/aromatic N) is 2. The molecular formula is C19H22N2O7. The maximum Gasteiger partial charge on any atom is 0.338 e. The number of carbonyl (C=O) groups is 2. The zero-order valence-corrected chi connectivity index (χ0v) is 15.6. The van der Waals surface area contributed by atoms with Gasteiger partial charge < -0.3 is 4.74 Å². The van der Waals surface area contributed by atoms with Gasteiger partial charge in [-0.05, 0) is 31.6 Å². The first-order valence-electron chi connectivity index (χ1n) is 9.37. The van der Waals surface area contributed by atoms with Crippen LogP contribution in [0.5, 0.6) is 0 Å². The first kappa shape index (κ1) is 19.9. The highest BCUT2D eigenvalue weighted by molar-refractivity contribution is 5.91. The van der Waals surface area contributed by atoms with Gasteiger partial charge in [0.1, 0.15) is 11.9 Å². The van der Waals surface area contributed by atoms with Crippen LogP contribution in [0, 0.1) is 31.6 Å². The molecule has 0 heterocycles. The topological polar surface area (TPSA) is 130 Å². The van der Waals surface area contributed by atoms with Crippen molar-refractivity contribution in [2.24, 2.45) is 11.3 Å². The lowest BCUT2D eigenvalue weighted by atomic mass is 9.63. The Kier molecular flexibility index (Phi) is 5.44. The summed E-state index contributed by atoms with van der Waals surface area (Å²) in [6, 6.07) is 2.80. The molecule has 0 N–H and O–H groups in total. The Bertz CT molecular complexity index is 805. The van der Waals surface area contributed by atoms with Gasteiger partial charge in [0, 0.05) is 30.4 Å². The van der Waals surface area contributed by atoms with E-state index >= 15 is 0 Å². The second-order valence-electron chi connectivity index (χ2n) is 7.88. The average molecular weight is 390 g/mol. The number of nitro benzene ring substituents is 2. The van der Waals surface area contributed by atoms with Crippen LogP contribution in [0.4, 0.5) is 11.4 Å². The van der Waals surface area contributed by atoms with Crippen LogP contribution in [-0.4, -0.2) is 27.7 Å². The van der Waals surface area contributed by atoms with Gasteiger partial charge in [-0.1, -0.05) is 13.3 Å². The summed E-state index contributed by atoms with van der Waals surface area (Å²) >= 11 is 0. The Morgan fingerprint density at radius 3 is 2.32 bits per heavy atom. The fourth-order valence-corrected chi connectivity index (χ4v) is 4.44. The number of nitro groups is 2. The van der Waals surface area contributed by atoms with Crippen LogP contribution in [0.1, 0.15) is 62.2 Å². The molecule has 2 aliphatic rings. The first-order chi connectivity index (χ1) is 13.2. The molecule has 0 radical (unpaired) electrons. The summed E-state index contributed by atoms with van der Waals surface area (Å²) in [6.45, 7) is 2.03. The third-order valence-corrected chi connectivity index (χ3v) is 6.16. The molecule has 9 nitrogen and oxygen atoms in total. The Balaban J connectivity index is 1.88. The molecule has 0 spiro atoms. The molecule has 0 aromatic heterocycles. The van der Waals surface area contributed by atoms with Crippen molar-refractivity contribution in [3.05, 3.63) is 44.0 Å². The number of ether oxygens (including phenoxy) is 1. The van der Waals surface area contributed by atoms with Gasteiger partial charge in [0.2, 0.25) is 0 Å². The van der Waals surface area contributed by atoms with Crippen molar-refractivity contribution in [2.45, 2.75) is 58.0 Å². The second kappa shape index (κ2) is 7.65. The van der Waals surface area contributed by atoms with Crippen molar-refractivity contribution in [2.75, 3.05) is 0 Å². The van der Waals surface area contributed by atoms with Crippen molar-refractivity contribution in [3.63, 3.8) is 0 Å². The predicted octanol–water partition coefficient (Wildman–Crippen LogP) is 3.98. The fraction of sp³-hybridized carbons (Fsp3) is 0.579. The molecular weight excluding hydrogens is 368 g/mol. The van der Waals surface area contributed by atoms with Crippen LogP contribution in [0.3, 0.4) is 0 Å². The summed E-state index contributed by atoms with van der Waals surface area (Å²) < 4.78 is 5.74. The third kappa shape index (κ3) is 3.88. The number of hydrogen-bond donors (Lipinski definition) is 0. The van der Waals surface area contributed by atoms with Gasteiger partial charge in [0.25, 0.3) is 11.4 Å². The number of rotatable bonds is 4. The van der Waals surface area contributed by atoms with Crippen LogP contribution in [0.2, 0.25) is 0 Å². The van der Waals surface area contributed by atoms with Gasteiger partial charge in [0.05, 0.1) is 21.5 Å². The number of esters is 1. The van der Waals surface area contributed by atoms with Gasteiger partial charge >= 0.3 is 5.97 Å². The van der Waals surface area contributed by atoms with E-state index in [9.17, 15) is 29.8 Å². The van der Waals surface area contributed by atoms with Crippen molar-refractivity contribution < 1.29 is 24.2 Å². The van der Waals surface area contributed by atoms with Gasteiger partial charge in [0.15, 0.2) is 0 Å². The molecule has 9 heteroatoms. The number of non-ortho nitro benzene ring substituents is 2. The van der Waals surface area contributed by atoms with E-state index in [4.69, 9.17) is 4.74 Å². The van der Waals surface area contributed by atoms with Crippen LogP contribution >= 0.6 is 0 Å². The van der Waals surface area contributed by atoms with E-state index in [-0.39, 0.29) is 22.7 Å². The number of carbonyl (C=O) groups excluding carboxylic acids is 2. The SMILES string of the molecule is C[C@]12CCC(=O)C[C@H]1CCCC[C@@H]2OC(=O)c1cc([N+](=O)[O-])cc([N+](=O)[O-])c1. The zero-order valence-electron chi connectivity index (χ0n) is 15.6. The lowest BCUT2D eigenvalue weighted by Crippen LogP contribution is -2.44. The minimum absolute atomic E-state index is 0.133.